The number of hydrogen-bond acceptors (Lipinski definition) is 2. The predicted molar refractivity (Wildman–Crippen MR) is 41.9 cm³/mol. The first kappa shape index (κ1) is 10.2. The van der Waals surface area contributed by atoms with Crippen molar-refractivity contribution in [3.05, 3.63) is 35.5 Å². The van der Waals surface area contributed by atoms with Crippen LogP contribution in [0.25, 0.3) is 0 Å². The number of para-hydroxylation sites is 1. The quantitative estimate of drug-likeness (QED) is 0.296. The minimum absolute atomic E-state index is 0. The molecule has 5 heteroatoms. The molecule has 0 unspecified atom stereocenters. The Morgan fingerprint density at radius 1 is 1.36 bits per heavy atom. The minimum Gasteiger partial charge on any atom is -1.00 e. The van der Waals surface area contributed by atoms with Crippen LogP contribution in [0, 0.1) is 5.21 Å². The summed E-state index contributed by atoms with van der Waals surface area (Å²) in [6.07, 6.45) is 0. The molecule has 0 aliphatic carbocycles. The van der Waals surface area contributed by atoms with E-state index in [1.165, 1.54) is 0 Å². The molecule has 1 aromatic rings. The van der Waals surface area contributed by atoms with E-state index in [4.69, 9.17) is 5.21 Å². The van der Waals surface area contributed by atoms with E-state index in [0.717, 1.165) is 0 Å². The second kappa shape index (κ2) is 4.92. The largest absolute Gasteiger partial charge is 2.00 e. The maximum Gasteiger partial charge on any atom is 2.00 e. The van der Waals surface area contributed by atoms with Crippen molar-refractivity contribution in [3.63, 3.8) is 0 Å². The monoisotopic (exact) mass is 164 g/mol. The van der Waals surface area contributed by atoms with Crippen molar-refractivity contribution in [2.45, 2.75) is 0 Å². The predicted octanol–water partition coefficient (Wildman–Crippen LogP) is 1.51. The van der Waals surface area contributed by atoms with Crippen LogP contribution in [0.15, 0.2) is 35.6 Å². The summed E-state index contributed by atoms with van der Waals surface area (Å²) in [7, 11) is 0. The maximum absolute atomic E-state index is 10.5. The van der Waals surface area contributed by atoms with E-state index in [0.29, 0.717) is 5.69 Å². The summed E-state index contributed by atoms with van der Waals surface area (Å²) < 4.78 is 0. The Bertz CT molecular complexity index is 246. The van der Waals surface area contributed by atoms with E-state index in [1.54, 1.807) is 30.3 Å². The van der Waals surface area contributed by atoms with Gasteiger partial charge in [0.2, 0.25) is 11.0 Å². The SMILES string of the molecule is [H-].[H-].[Mg+2].[O-][N+](=NO)c1ccccc1. The molecular weight excluding hydrogens is 156 g/mol. The van der Waals surface area contributed by atoms with Crippen molar-refractivity contribution in [1.29, 1.82) is 0 Å². The van der Waals surface area contributed by atoms with Gasteiger partial charge in [0.05, 0.1) is 0 Å². The van der Waals surface area contributed by atoms with E-state index >= 15 is 0 Å². The Hall–Kier alpha value is -0.814. The molecule has 0 saturated carbocycles. The van der Waals surface area contributed by atoms with Crippen molar-refractivity contribution < 1.29 is 12.9 Å². The Labute approximate surface area is 82.8 Å². The van der Waals surface area contributed by atoms with Crippen LogP contribution in [0.5, 0.6) is 0 Å². The van der Waals surface area contributed by atoms with Crippen LogP contribution < -0.4 is 0 Å². The van der Waals surface area contributed by atoms with Gasteiger partial charge in [-0.25, -0.2) is 0 Å². The van der Waals surface area contributed by atoms with Crippen molar-refractivity contribution in [1.82, 2.24) is 0 Å². The Morgan fingerprint density at radius 3 is 2.36 bits per heavy atom. The standard InChI is InChI=1S/C6H6N2O2.Mg.2H/c9-7-8(10)6-4-2-1-3-5-6;;;/h1-5,9H;;;/q;+2;2*-1. The van der Waals surface area contributed by atoms with Crippen LogP contribution >= 0.6 is 0 Å². The summed E-state index contributed by atoms with van der Waals surface area (Å²) >= 11 is 0. The molecule has 0 amide bonds. The summed E-state index contributed by atoms with van der Waals surface area (Å²) in [6.45, 7) is 0. The van der Waals surface area contributed by atoms with Crippen LogP contribution in [0.3, 0.4) is 0 Å². The average molecular weight is 164 g/mol. The molecule has 0 aliphatic heterocycles. The molecule has 0 spiro atoms. The van der Waals surface area contributed by atoms with Gasteiger partial charge < -0.3 is 13.3 Å². The molecule has 1 N–H and O–H groups in total. The molecular formula is C6H8MgN2O2. The molecule has 0 saturated heterocycles. The van der Waals surface area contributed by atoms with E-state index in [1.807, 2.05) is 0 Å². The van der Waals surface area contributed by atoms with E-state index in [2.05, 4.69) is 5.28 Å². The van der Waals surface area contributed by atoms with Gasteiger partial charge in [0, 0.05) is 12.1 Å². The van der Waals surface area contributed by atoms with Gasteiger partial charge in [-0.05, 0) is 4.86 Å². The molecule has 0 aliphatic rings. The number of nitrogens with zero attached hydrogens (tertiary/aromatic N) is 2. The first-order chi connectivity index (χ1) is 4.84. The first-order valence-electron chi connectivity index (χ1n) is 2.72. The Kier molecular flexibility index (Phi) is 4.56. The summed E-state index contributed by atoms with van der Waals surface area (Å²) in [5, 5.41) is 21.0. The number of rotatable bonds is 1. The molecule has 0 radical (unpaired) electrons. The second-order valence-corrected chi connectivity index (χ2v) is 1.70. The molecule has 0 atom stereocenters. The van der Waals surface area contributed by atoms with Gasteiger partial charge >= 0.3 is 23.1 Å². The summed E-state index contributed by atoms with van der Waals surface area (Å²) in [5.74, 6) is 0. The minimum atomic E-state index is 0. The fraction of sp³-hybridized carbons (Fsp3) is 0. The molecule has 1 rings (SSSR count). The number of hydrogen-bond donors (Lipinski definition) is 1. The van der Waals surface area contributed by atoms with E-state index in [9.17, 15) is 5.21 Å². The third-order valence-corrected chi connectivity index (χ3v) is 1.06. The molecule has 11 heavy (non-hydrogen) atoms. The van der Waals surface area contributed by atoms with Gasteiger partial charge in [0.25, 0.3) is 0 Å². The normalized spacial score (nSPS) is 10.4. The van der Waals surface area contributed by atoms with Gasteiger partial charge in [-0.15, -0.1) is 0 Å². The first-order valence-corrected chi connectivity index (χ1v) is 2.72. The topological polar surface area (TPSA) is 58.7 Å². The third-order valence-electron chi connectivity index (χ3n) is 1.06. The molecule has 0 bridgehead atoms. The Balaban J connectivity index is -0.000000333. The second-order valence-electron chi connectivity index (χ2n) is 1.70. The Morgan fingerprint density at radius 2 is 1.91 bits per heavy atom. The molecule has 4 nitrogen and oxygen atoms in total. The smallest absolute Gasteiger partial charge is 1.00 e. The fourth-order valence-electron chi connectivity index (χ4n) is 0.607. The molecule has 0 aromatic heterocycles. The zero-order valence-corrected chi connectivity index (χ0v) is 7.26. The van der Waals surface area contributed by atoms with Gasteiger partial charge in [-0.2, -0.15) is 0 Å². The summed E-state index contributed by atoms with van der Waals surface area (Å²) in [6, 6.07) is 8.24. The van der Waals surface area contributed by atoms with Crippen LogP contribution in [-0.2, 0) is 0 Å². The fourth-order valence-corrected chi connectivity index (χ4v) is 0.607. The maximum atomic E-state index is 10.5. The van der Waals surface area contributed by atoms with Gasteiger partial charge in [-0.1, -0.05) is 18.2 Å². The van der Waals surface area contributed by atoms with E-state index in [-0.39, 0.29) is 30.8 Å². The molecule has 1 aromatic carbocycles. The zero-order valence-electron chi connectivity index (χ0n) is 7.84. The molecule has 0 fully saturated rings. The van der Waals surface area contributed by atoms with Crippen molar-refractivity contribution in [2.75, 3.05) is 0 Å². The van der Waals surface area contributed by atoms with Crippen molar-refractivity contribution in [2.24, 2.45) is 5.28 Å². The third kappa shape index (κ3) is 2.73. The molecule has 0 heterocycles. The van der Waals surface area contributed by atoms with Crippen LogP contribution in [-0.4, -0.2) is 33.1 Å². The molecule has 56 valence electrons. The summed E-state index contributed by atoms with van der Waals surface area (Å²) in [5.41, 5.74) is 0.310. The average Bonchev–Trinajstić information content (AvgIpc) is 2.05. The van der Waals surface area contributed by atoms with Crippen LogP contribution in [0.2, 0.25) is 0 Å². The van der Waals surface area contributed by atoms with Crippen molar-refractivity contribution >= 4 is 28.7 Å². The van der Waals surface area contributed by atoms with Gasteiger partial charge in [0.15, 0.2) is 0 Å². The van der Waals surface area contributed by atoms with E-state index < -0.39 is 0 Å². The van der Waals surface area contributed by atoms with Crippen molar-refractivity contribution in [3.8, 4) is 0 Å². The van der Waals surface area contributed by atoms with Gasteiger partial charge in [0.1, 0.15) is 0 Å². The van der Waals surface area contributed by atoms with Crippen LogP contribution in [0.4, 0.5) is 5.69 Å². The summed E-state index contributed by atoms with van der Waals surface area (Å²) in [4.78, 5) is 0.139. The van der Waals surface area contributed by atoms with Crippen LogP contribution in [0.1, 0.15) is 2.85 Å². The van der Waals surface area contributed by atoms with Gasteiger partial charge in [-0.3, -0.25) is 0 Å². The zero-order chi connectivity index (χ0) is 7.40. The number of benzene rings is 1.